The van der Waals surface area contributed by atoms with E-state index in [1.165, 1.54) is 12.0 Å². The molecule has 1 aromatic heterocycles. The van der Waals surface area contributed by atoms with E-state index in [1.54, 1.807) is 14.0 Å². The second-order valence-electron chi connectivity index (χ2n) is 8.64. The number of aromatic nitrogens is 2. The largest absolute Gasteiger partial charge is 0.496 e. The molecule has 0 aliphatic carbocycles. The molecule has 1 N–H and O–H groups in total. The van der Waals surface area contributed by atoms with Gasteiger partial charge < -0.3 is 19.9 Å². The quantitative estimate of drug-likeness (QED) is 0.771. The molecule has 2 aliphatic heterocycles. The van der Waals surface area contributed by atoms with Crippen molar-refractivity contribution < 1.29 is 9.53 Å². The molecule has 1 atom stereocenters. The van der Waals surface area contributed by atoms with E-state index in [0.29, 0.717) is 12.5 Å². The Hall–Kier alpha value is -2.67. The summed E-state index contributed by atoms with van der Waals surface area (Å²) < 4.78 is 5.49. The normalized spacial score (nSPS) is 19.1. The molecule has 0 saturated carbocycles. The highest BCUT2D eigenvalue weighted by molar-refractivity contribution is 5.74. The van der Waals surface area contributed by atoms with Crippen LogP contribution in [-0.2, 0) is 24.2 Å². The van der Waals surface area contributed by atoms with Gasteiger partial charge in [0.05, 0.1) is 19.3 Å². The van der Waals surface area contributed by atoms with Gasteiger partial charge in [-0.05, 0) is 44.5 Å². The Morgan fingerprint density at radius 3 is 2.87 bits per heavy atom. The summed E-state index contributed by atoms with van der Waals surface area (Å²) >= 11 is 0. The molecule has 1 saturated heterocycles. The lowest BCUT2D eigenvalue weighted by molar-refractivity contribution is -0.129. The average molecular weight is 424 g/mol. The lowest BCUT2D eigenvalue weighted by Gasteiger charge is -2.32. The number of piperidine rings is 1. The van der Waals surface area contributed by atoms with Crippen molar-refractivity contribution >= 4 is 11.7 Å². The zero-order valence-corrected chi connectivity index (χ0v) is 18.9. The minimum absolute atomic E-state index is 0.101. The molecule has 0 radical (unpaired) electrons. The third kappa shape index (κ3) is 4.98. The predicted octanol–water partition coefficient (Wildman–Crippen LogP) is 2.85. The van der Waals surface area contributed by atoms with Gasteiger partial charge in [0.25, 0.3) is 0 Å². The molecule has 31 heavy (non-hydrogen) atoms. The van der Waals surface area contributed by atoms with Gasteiger partial charge in [-0.2, -0.15) is 0 Å². The molecule has 7 nitrogen and oxygen atoms in total. The first-order chi connectivity index (χ1) is 15.0. The number of nitrogens with one attached hydrogen (secondary N) is 1. The number of ether oxygens (including phenoxy) is 1. The Morgan fingerprint density at radius 1 is 1.26 bits per heavy atom. The SMILES string of the molecule is COc1ccccc1CCNc1nc([C@@H]2CCCN(C)C2)nc2c1CN(C(C)=O)CC2. The maximum Gasteiger partial charge on any atom is 0.219 e. The highest BCUT2D eigenvalue weighted by Crippen LogP contribution is 2.30. The molecule has 4 rings (SSSR count). The lowest BCUT2D eigenvalue weighted by Crippen LogP contribution is -2.36. The van der Waals surface area contributed by atoms with Crippen LogP contribution in [0, 0.1) is 0 Å². The number of likely N-dealkylation sites (N-methyl/N-ethyl adjacent to an activating group) is 1. The molecular weight excluding hydrogens is 390 g/mol. The number of likely N-dealkylation sites (tertiary alicyclic amines) is 1. The Kier molecular flexibility index (Phi) is 6.70. The molecule has 2 aliphatic rings. The summed E-state index contributed by atoms with van der Waals surface area (Å²) in [6.07, 6.45) is 3.93. The number of rotatable bonds is 6. The fourth-order valence-corrected chi connectivity index (χ4v) is 4.63. The van der Waals surface area contributed by atoms with E-state index in [9.17, 15) is 4.79 Å². The summed E-state index contributed by atoms with van der Waals surface area (Å²) in [6, 6.07) is 8.11. The molecule has 3 heterocycles. The fourth-order valence-electron chi connectivity index (χ4n) is 4.63. The first kappa shape index (κ1) is 21.6. The van der Waals surface area contributed by atoms with Gasteiger partial charge >= 0.3 is 0 Å². The Balaban J connectivity index is 1.57. The van der Waals surface area contributed by atoms with E-state index >= 15 is 0 Å². The number of methoxy groups -OCH3 is 1. The van der Waals surface area contributed by atoms with Crippen LogP contribution in [0.15, 0.2) is 24.3 Å². The van der Waals surface area contributed by atoms with E-state index in [2.05, 4.69) is 23.3 Å². The van der Waals surface area contributed by atoms with Gasteiger partial charge in [-0.1, -0.05) is 18.2 Å². The number of hydrogen-bond acceptors (Lipinski definition) is 6. The molecule has 166 valence electrons. The van der Waals surface area contributed by atoms with E-state index in [1.807, 2.05) is 23.1 Å². The van der Waals surface area contributed by atoms with Gasteiger partial charge in [-0.25, -0.2) is 9.97 Å². The number of anilines is 1. The van der Waals surface area contributed by atoms with Gasteiger partial charge in [0.15, 0.2) is 0 Å². The van der Waals surface area contributed by atoms with Crippen molar-refractivity contribution in [2.75, 3.05) is 45.7 Å². The third-order valence-corrected chi connectivity index (χ3v) is 6.39. The van der Waals surface area contributed by atoms with Crippen LogP contribution in [0.25, 0.3) is 0 Å². The second kappa shape index (κ2) is 9.64. The van der Waals surface area contributed by atoms with Crippen LogP contribution in [0.3, 0.4) is 0 Å². The maximum atomic E-state index is 12.0. The number of hydrogen-bond donors (Lipinski definition) is 1. The van der Waals surface area contributed by atoms with Crippen LogP contribution in [-0.4, -0.2) is 66.0 Å². The van der Waals surface area contributed by atoms with Crippen molar-refractivity contribution in [3.8, 4) is 5.75 Å². The van der Waals surface area contributed by atoms with Gasteiger partial charge in [0, 0.05) is 44.5 Å². The van der Waals surface area contributed by atoms with Crippen molar-refractivity contribution in [1.82, 2.24) is 19.8 Å². The van der Waals surface area contributed by atoms with Gasteiger partial charge in [0.2, 0.25) is 5.91 Å². The summed E-state index contributed by atoms with van der Waals surface area (Å²) in [5, 5.41) is 3.56. The van der Waals surface area contributed by atoms with E-state index in [4.69, 9.17) is 14.7 Å². The van der Waals surface area contributed by atoms with E-state index in [0.717, 1.165) is 74.1 Å². The molecule has 0 unspecified atom stereocenters. The number of carbonyl (C=O) groups is 1. The van der Waals surface area contributed by atoms with Gasteiger partial charge in [-0.3, -0.25) is 4.79 Å². The summed E-state index contributed by atoms with van der Waals surface area (Å²) in [7, 11) is 3.87. The predicted molar refractivity (Wildman–Crippen MR) is 121 cm³/mol. The number of amides is 1. The Morgan fingerprint density at radius 2 is 2.10 bits per heavy atom. The van der Waals surface area contributed by atoms with Crippen LogP contribution in [0.2, 0.25) is 0 Å². The highest BCUT2D eigenvalue weighted by Gasteiger charge is 2.27. The molecule has 1 fully saturated rings. The van der Waals surface area contributed by atoms with Gasteiger partial charge in [0.1, 0.15) is 17.4 Å². The molecule has 7 heteroatoms. The van der Waals surface area contributed by atoms with Crippen molar-refractivity contribution in [2.45, 2.75) is 45.1 Å². The minimum atomic E-state index is 0.101. The summed E-state index contributed by atoms with van der Waals surface area (Å²) in [4.78, 5) is 26.2. The van der Waals surface area contributed by atoms with Crippen molar-refractivity contribution in [3.63, 3.8) is 0 Å². The second-order valence-corrected chi connectivity index (χ2v) is 8.64. The first-order valence-corrected chi connectivity index (χ1v) is 11.2. The number of para-hydroxylation sites is 1. The number of fused-ring (bicyclic) bond motifs is 1. The standard InChI is InChI=1S/C24H33N5O2/c1-17(30)29-14-11-21-20(16-29)24(25-12-10-18-7-4-5-9-22(18)31-3)27-23(26-21)19-8-6-13-28(2)15-19/h4-5,7,9,19H,6,8,10-16H2,1-3H3,(H,25,26,27)/t19-/m1/s1. The monoisotopic (exact) mass is 423 g/mol. The molecular formula is C24H33N5O2. The van der Waals surface area contributed by atoms with E-state index < -0.39 is 0 Å². The smallest absolute Gasteiger partial charge is 0.219 e. The van der Waals surface area contributed by atoms with Crippen LogP contribution >= 0.6 is 0 Å². The molecule has 2 aromatic rings. The van der Waals surface area contributed by atoms with Crippen molar-refractivity contribution in [1.29, 1.82) is 0 Å². The van der Waals surface area contributed by atoms with Crippen molar-refractivity contribution in [3.05, 3.63) is 46.9 Å². The van der Waals surface area contributed by atoms with E-state index in [-0.39, 0.29) is 5.91 Å². The maximum absolute atomic E-state index is 12.0. The fraction of sp³-hybridized carbons (Fsp3) is 0.542. The zero-order chi connectivity index (χ0) is 21.8. The number of carbonyl (C=O) groups excluding carboxylic acids is 1. The van der Waals surface area contributed by atoms with Crippen molar-refractivity contribution in [2.24, 2.45) is 0 Å². The molecule has 0 spiro atoms. The Bertz CT molecular complexity index is 932. The first-order valence-electron chi connectivity index (χ1n) is 11.2. The molecule has 0 bridgehead atoms. The average Bonchev–Trinajstić information content (AvgIpc) is 2.78. The van der Waals surface area contributed by atoms with Crippen LogP contribution in [0.5, 0.6) is 5.75 Å². The molecule has 1 amide bonds. The van der Waals surface area contributed by atoms with Gasteiger partial charge in [-0.15, -0.1) is 0 Å². The lowest BCUT2D eigenvalue weighted by atomic mass is 9.96. The highest BCUT2D eigenvalue weighted by atomic mass is 16.5. The Labute approximate surface area is 184 Å². The summed E-state index contributed by atoms with van der Waals surface area (Å²) in [5.74, 6) is 3.20. The number of benzene rings is 1. The van der Waals surface area contributed by atoms with Crippen LogP contribution in [0.4, 0.5) is 5.82 Å². The summed E-state index contributed by atoms with van der Waals surface area (Å²) in [5.41, 5.74) is 3.32. The van der Waals surface area contributed by atoms with Crippen LogP contribution in [0.1, 0.15) is 48.3 Å². The third-order valence-electron chi connectivity index (χ3n) is 6.39. The van der Waals surface area contributed by atoms with Crippen LogP contribution < -0.4 is 10.1 Å². The number of nitrogens with zero attached hydrogens (tertiary/aromatic N) is 4. The minimum Gasteiger partial charge on any atom is -0.496 e. The topological polar surface area (TPSA) is 70.6 Å². The zero-order valence-electron chi connectivity index (χ0n) is 18.9. The summed E-state index contributed by atoms with van der Waals surface area (Å²) in [6.45, 7) is 5.81. The molecule has 1 aromatic carbocycles.